The number of hydrogen-bond acceptors (Lipinski definition) is 4. The van der Waals surface area contributed by atoms with Crippen LogP contribution >= 0.6 is 0 Å². The summed E-state index contributed by atoms with van der Waals surface area (Å²) in [6, 6.07) is 9.78. The third-order valence-electron chi connectivity index (χ3n) is 2.95. The van der Waals surface area contributed by atoms with E-state index in [1.54, 1.807) is 10.9 Å². The smallest absolute Gasteiger partial charge is 0.243 e. The Hall–Kier alpha value is -1.70. The molecule has 1 heterocycles. The fourth-order valence-corrected chi connectivity index (χ4v) is 2.86. The summed E-state index contributed by atoms with van der Waals surface area (Å²) < 4.78 is 28.3. The van der Waals surface area contributed by atoms with Crippen LogP contribution in [0.5, 0.6) is 0 Å². The topological polar surface area (TPSA) is 76.0 Å². The minimum absolute atomic E-state index is 0.190. The Morgan fingerprint density at radius 1 is 1.19 bits per heavy atom. The first-order valence-corrected chi connectivity index (χ1v) is 8.37. The minimum atomic E-state index is -3.49. The van der Waals surface area contributed by atoms with Gasteiger partial charge in [0.2, 0.25) is 10.0 Å². The van der Waals surface area contributed by atoms with E-state index in [1.165, 1.54) is 6.20 Å². The van der Waals surface area contributed by atoms with Gasteiger partial charge in [-0.05, 0) is 12.1 Å². The van der Waals surface area contributed by atoms with Crippen LogP contribution in [0, 0.1) is 0 Å². The predicted molar refractivity (Wildman–Crippen MR) is 81.5 cm³/mol. The zero-order valence-electron chi connectivity index (χ0n) is 12.0. The first-order chi connectivity index (χ1) is 10.1. The molecule has 0 saturated carbocycles. The van der Waals surface area contributed by atoms with Crippen molar-refractivity contribution >= 4 is 10.0 Å². The number of sulfonamides is 1. The molecule has 0 fully saturated rings. The quantitative estimate of drug-likeness (QED) is 0.708. The Kier molecular flexibility index (Phi) is 5.49. The second-order valence-corrected chi connectivity index (χ2v) is 6.38. The molecule has 2 N–H and O–H groups in total. The van der Waals surface area contributed by atoms with Gasteiger partial charge in [0.05, 0.1) is 12.7 Å². The van der Waals surface area contributed by atoms with Crippen LogP contribution < -0.4 is 10.0 Å². The number of benzene rings is 1. The van der Waals surface area contributed by atoms with Crippen molar-refractivity contribution in [1.29, 1.82) is 0 Å². The van der Waals surface area contributed by atoms with Crippen molar-refractivity contribution in [2.75, 3.05) is 19.6 Å². The lowest BCUT2D eigenvalue weighted by Gasteiger charge is -2.04. The second-order valence-electron chi connectivity index (χ2n) is 4.61. The zero-order chi connectivity index (χ0) is 15.1. The molecule has 0 aliphatic heterocycles. The van der Waals surface area contributed by atoms with E-state index in [4.69, 9.17) is 0 Å². The van der Waals surface area contributed by atoms with E-state index in [0.717, 1.165) is 12.1 Å². The van der Waals surface area contributed by atoms with Gasteiger partial charge in [0.1, 0.15) is 4.90 Å². The third kappa shape index (κ3) is 4.66. The fraction of sp³-hybridized carbons (Fsp3) is 0.357. The molecule has 2 rings (SSSR count). The lowest BCUT2D eigenvalue weighted by Crippen LogP contribution is -2.31. The Morgan fingerprint density at radius 2 is 1.95 bits per heavy atom. The van der Waals surface area contributed by atoms with Gasteiger partial charge in [-0.2, -0.15) is 5.10 Å². The molecule has 0 spiro atoms. The maximum atomic E-state index is 12.1. The van der Waals surface area contributed by atoms with Crippen LogP contribution in [-0.4, -0.2) is 37.8 Å². The second kappa shape index (κ2) is 7.35. The van der Waals surface area contributed by atoms with Gasteiger partial charge in [-0.15, -0.1) is 0 Å². The van der Waals surface area contributed by atoms with Gasteiger partial charge in [0.25, 0.3) is 0 Å². The molecule has 0 aliphatic carbocycles. The first-order valence-electron chi connectivity index (χ1n) is 6.88. The molecular weight excluding hydrogens is 288 g/mol. The summed E-state index contributed by atoms with van der Waals surface area (Å²) in [5.74, 6) is 0. The van der Waals surface area contributed by atoms with E-state index < -0.39 is 10.0 Å². The Morgan fingerprint density at radius 3 is 2.67 bits per heavy atom. The average Bonchev–Trinajstić information content (AvgIpc) is 2.94. The van der Waals surface area contributed by atoms with Gasteiger partial charge in [0, 0.05) is 19.3 Å². The lowest BCUT2D eigenvalue weighted by molar-refractivity contribution is 0.577. The number of likely N-dealkylation sites (N-methyl/N-ethyl adjacent to an activating group) is 1. The Labute approximate surface area is 125 Å². The minimum Gasteiger partial charge on any atom is -0.316 e. The normalized spacial score (nSPS) is 11.7. The molecule has 0 unspecified atom stereocenters. The van der Waals surface area contributed by atoms with Crippen LogP contribution in [0.3, 0.4) is 0 Å². The monoisotopic (exact) mass is 308 g/mol. The van der Waals surface area contributed by atoms with E-state index in [2.05, 4.69) is 15.1 Å². The van der Waals surface area contributed by atoms with Crippen LogP contribution in [-0.2, 0) is 16.6 Å². The maximum absolute atomic E-state index is 12.1. The standard InChI is InChI=1S/C14H20N4O2S/c1-2-15-8-9-17-21(19,20)14-10-16-18(12-14)11-13-6-4-3-5-7-13/h3-7,10,12,15,17H,2,8-9,11H2,1H3. The number of hydrogen-bond donors (Lipinski definition) is 2. The highest BCUT2D eigenvalue weighted by Crippen LogP contribution is 2.08. The molecule has 1 aromatic heterocycles. The third-order valence-corrected chi connectivity index (χ3v) is 4.37. The van der Waals surface area contributed by atoms with Gasteiger partial charge < -0.3 is 5.32 Å². The molecular formula is C14H20N4O2S. The molecule has 21 heavy (non-hydrogen) atoms. The predicted octanol–water partition coefficient (Wildman–Crippen LogP) is 0.819. The SMILES string of the molecule is CCNCCNS(=O)(=O)c1cnn(Cc2ccccc2)c1. The maximum Gasteiger partial charge on any atom is 0.243 e. The van der Waals surface area contributed by atoms with Crippen molar-refractivity contribution in [3.8, 4) is 0 Å². The summed E-state index contributed by atoms with van der Waals surface area (Å²) in [7, 11) is -3.49. The molecule has 0 bridgehead atoms. The van der Waals surface area contributed by atoms with Gasteiger partial charge in [0.15, 0.2) is 0 Å². The molecule has 0 amide bonds. The van der Waals surface area contributed by atoms with Crippen molar-refractivity contribution in [1.82, 2.24) is 19.8 Å². The summed E-state index contributed by atoms with van der Waals surface area (Å²) in [6.07, 6.45) is 2.92. The highest BCUT2D eigenvalue weighted by molar-refractivity contribution is 7.89. The van der Waals surface area contributed by atoms with E-state index in [9.17, 15) is 8.42 Å². The molecule has 0 atom stereocenters. The highest BCUT2D eigenvalue weighted by Gasteiger charge is 2.15. The number of nitrogens with zero attached hydrogens (tertiary/aromatic N) is 2. The van der Waals surface area contributed by atoms with Gasteiger partial charge in [-0.1, -0.05) is 37.3 Å². The summed E-state index contributed by atoms with van der Waals surface area (Å²) in [4.78, 5) is 0.190. The van der Waals surface area contributed by atoms with Crippen molar-refractivity contribution in [2.45, 2.75) is 18.4 Å². The Balaban J connectivity index is 1.98. The molecule has 6 nitrogen and oxygen atoms in total. The Bertz CT molecular complexity index is 653. The van der Waals surface area contributed by atoms with E-state index in [-0.39, 0.29) is 4.90 Å². The van der Waals surface area contributed by atoms with E-state index in [1.807, 2.05) is 37.3 Å². The summed E-state index contributed by atoms with van der Waals surface area (Å²) in [5, 5.41) is 7.17. The molecule has 0 saturated heterocycles. The van der Waals surface area contributed by atoms with Gasteiger partial charge in [-0.3, -0.25) is 4.68 Å². The van der Waals surface area contributed by atoms with Crippen molar-refractivity contribution in [2.24, 2.45) is 0 Å². The average molecular weight is 308 g/mol. The van der Waals surface area contributed by atoms with Crippen LogP contribution in [0.25, 0.3) is 0 Å². The van der Waals surface area contributed by atoms with Gasteiger partial charge in [-0.25, -0.2) is 13.1 Å². The largest absolute Gasteiger partial charge is 0.316 e. The van der Waals surface area contributed by atoms with Crippen LogP contribution in [0.2, 0.25) is 0 Å². The van der Waals surface area contributed by atoms with Gasteiger partial charge >= 0.3 is 0 Å². The zero-order valence-corrected chi connectivity index (χ0v) is 12.8. The molecule has 0 radical (unpaired) electrons. The summed E-state index contributed by atoms with van der Waals surface area (Å²) in [5.41, 5.74) is 1.07. The fourth-order valence-electron chi connectivity index (χ4n) is 1.87. The van der Waals surface area contributed by atoms with Crippen LogP contribution in [0.15, 0.2) is 47.6 Å². The van der Waals surface area contributed by atoms with Crippen molar-refractivity contribution in [3.05, 3.63) is 48.3 Å². The van der Waals surface area contributed by atoms with E-state index >= 15 is 0 Å². The number of rotatable bonds is 8. The molecule has 0 aliphatic rings. The number of nitrogens with one attached hydrogen (secondary N) is 2. The van der Waals surface area contributed by atoms with Crippen LogP contribution in [0.1, 0.15) is 12.5 Å². The van der Waals surface area contributed by atoms with Crippen molar-refractivity contribution < 1.29 is 8.42 Å². The molecule has 1 aromatic carbocycles. The molecule has 2 aromatic rings. The first kappa shape index (κ1) is 15.7. The highest BCUT2D eigenvalue weighted by atomic mass is 32.2. The van der Waals surface area contributed by atoms with E-state index in [0.29, 0.717) is 19.6 Å². The lowest BCUT2D eigenvalue weighted by atomic mass is 10.2. The van der Waals surface area contributed by atoms with Crippen molar-refractivity contribution in [3.63, 3.8) is 0 Å². The summed E-state index contributed by atoms with van der Waals surface area (Å²) >= 11 is 0. The summed E-state index contributed by atoms with van der Waals surface area (Å²) in [6.45, 7) is 4.31. The molecule has 114 valence electrons. The molecule has 7 heteroatoms. The van der Waals surface area contributed by atoms with Crippen LogP contribution in [0.4, 0.5) is 0 Å². The number of aromatic nitrogens is 2.